The molecule has 128 valence electrons. The highest BCUT2D eigenvalue weighted by Gasteiger charge is 2.28. The quantitative estimate of drug-likeness (QED) is 0.448. The van der Waals surface area contributed by atoms with Gasteiger partial charge in [-0.1, -0.05) is 36.4 Å². The third-order valence-corrected chi connectivity index (χ3v) is 7.19. The maximum Gasteiger partial charge on any atom is 0.281 e. The second-order valence-corrected chi connectivity index (χ2v) is 9.55. The van der Waals surface area contributed by atoms with Gasteiger partial charge in [0.15, 0.2) is 0 Å². The van der Waals surface area contributed by atoms with E-state index in [1.165, 1.54) is 0 Å². The molecule has 1 atom stereocenters. The predicted octanol–water partition coefficient (Wildman–Crippen LogP) is 6.10. The summed E-state index contributed by atoms with van der Waals surface area (Å²) in [5.41, 5.74) is 0.791. The molecule has 0 aromatic heterocycles. The Kier molecular flexibility index (Phi) is 5.67. The van der Waals surface area contributed by atoms with Gasteiger partial charge in [0.05, 0.1) is 15.1 Å². The molecule has 0 spiro atoms. The first-order valence-electron chi connectivity index (χ1n) is 7.54. The third-order valence-electron chi connectivity index (χ3n) is 3.61. The molecule has 0 saturated carbocycles. The second kappa shape index (κ2) is 7.77. The van der Waals surface area contributed by atoms with Gasteiger partial charge in [0.1, 0.15) is 11.5 Å². The summed E-state index contributed by atoms with van der Waals surface area (Å²) in [5.74, 6) is 0.675. The molecule has 25 heavy (non-hydrogen) atoms. The Hall–Kier alpha value is -1.55. The summed E-state index contributed by atoms with van der Waals surface area (Å²) < 4.78 is 20.8. The van der Waals surface area contributed by atoms with Gasteiger partial charge in [-0.3, -0.25) is 4.57 Å². The Balaban J connectivity index is 2.01. The van der Waals surface area contributed by atoms with Gasteiger partial charge in [-0.05, 0) is 73.8 Å². The molecule has 0 aliphatic rings. The molecule has 0 amide bonds. The highest BCUT2D eigenvalue weighted by molar-refractivity contribution is 9.11. The fraction of sp³-hybridized carbons (Fsp3) is 0.0526. The molecule has 0 bridgehead atoms. The van der Waals surface area contributed by atoms with Crippen LogP contribution in [0.3, 0.4) is 0 Å². The highest BCUT2D eigenvalue weighted by Crippen LogP contribution is 2.50. The number of phenolic OH excluding ortho intramolecular Hbond substituents is 1. The zero-order chi connectivity index (χ0) is 17.9. The maximum atomic E-state index is 13.7. The number of phenols is 1. The first-order chi connectivity index (χ1) is 12.0. The Bertz CT molecular complexity index is 891. The van der Waals surface area contributed by atoms with Crippen molar-refractivity contribution in [1.29, 1.82) is 0 Å². The van der Waals surface area contributed by atoms with Gasteiger partial charge in [-0.2, -0.15) is 0 Å². The number of hydrogen-bond donors (Lipinski definition) is 1. The topological polar surface area (TPSA) is 46.5 Å². The van der Waals surface area contributed by atoms with Crippen LogP contribution < -0.4 is 9.83 Å². The van der Waals surface area contributed by atoms with Crippen molar-refractivity contribution in [3.05, 3.63) is 87.3 Å². The van der Waals surface area contributed by atoms with Crippen LogP contribution in [0.2, 0.25) is 0 Å². The van der Waals surface area contributed by atoms with E-state index in [4.69, 9.17) is 4.52 Å². The number of rotatable bonds is 5. The van der Waals surface area contributed by atoms with Gasteiger partial charge in [0.25, 0.3) is 7.37 Å². The smallest absolute Gasteiger partial charge is 0.281 e. The average molecular weight is 482 g/mol. The molecular weight excluding hydrogens is 467 g/mol. The third kappa shape index (κ3) is 4.35. The van der Waals surface area contributed by atoms with Crippen molar-refractivity contribution in [1.82, 2.24) is 0 Å². The maximum absolute atomic E-state index is 13.7. The first-order valence-corrected chi connectivity index (χ1v) is 10.9. The fourth-order valence-electron chi connectivity index (χ4n) is 2.43. The van der Waals surface area contributed by atoms with E-state index in [0.29, 0.717) is 20.0 Å². The van der Waals surface area contributed by atoms with Crippen LogP contribution in [-0.2, 0) is 10.7 Å². The summed E-state index contributed by atoms with van der Waals surface area (Å²) in [6.45, 7) is 0. The zero-order valence-electron chi connectivity index (χ0n) is 13.1. The van der Waals surface area contributed by atoms with Gasteiger partial charge in [-0.15, -0.1) is 0 Å². The first kappa shape index (κ1) is 18.2. The molecule has 6 heteroatoms. The summed E-state index contributed by atoms with van der Waals surface area (Å²) in [6.07, 6.45) is 0.212. The van der Waals surface area contributed by atoms with E-state index in [2.05, 4.69) is 31.9 Å². The lowest BCUT2D eigenvalue weighted by Crippen LogP contribution is -2.11. The lowest BCUT2D eigenvalue weighted by molar-refractivity contribution is 0.468. The normalized spacial score (nSPS) is 13.2. The lowest BCUT2D eigenvalue weighted by atomic mass is 10.2. The van der Waals surface area contributed by atoms with E-state index in [-0.39, 0.29) is 11.9 Å². The number of halogens is 2. The minimum atomic E-state index is -3.19. The molecule has 0 heterocycles. The summed E-state index contributed by atoms with van der Waals surface area (Å²) in [7, 11) is -3.19. The number of benzene rings is 3. The molecule has 1 unspecified atom stereocenters. The summed E-state index contributed by atoms with van der Waals surface area (Å²) in [5, 5.41) is 10.5. The predicted molar refractivity (Wildman–Crippen MR) is 108 cm³/mol. The zero-order valence-corrected chi connectivity index (χ0v) is 17.2. The lowest BCUT2D eigenvalue weighted by Gasteiger charge is -2.20. The van der Waals surface area contributed by atoms with Gasteiger partial charge in [0.2, 0.25) is 0 Å². The van der Waals surface area contributed by atoms with Crippen LogP contribution in [0.15, 0.2) is 81.7 Å². The van der Waals surface area contributed by atoms with Crippen molar-refractivity contribution in [2.24, 2.45) is 0 Å². The molecule has 1 N–H and O–H groups in total. The van der Waals surface area contributed by atoms with Crippen molar-refractivity contribution in [3.63, 3.8) is 0 Å². The van der Waals surface area contributed by atoms with Crippen LogP contribution in [0.25, 0.3) is 0 Å². The monoisotopic (exact) mass is 480 g/mol. The second-order valence-electron chi connectivity index (χ2n) is 5.48. The molecule has 0 saturated heterocycles. The van der Waals surface area contributed by atoms with Crippen molar-refractivity contribution < 1.29 is 14.2 Å². The molecule has 0 fully saturated rings. The van der Waals surface area contributed by atoms with E-state index in [1.807, 2.05) is 48.5 Å². The SMILES string of the molecule is O=P(Cc1cc(Br)c(O)c(Br)c1)(Oc1ccccc1)c1ccccc1. The molecule has 3 rings (SSSR count). The van der Waals surface area contributed by atoms with Gasteiger partial charge in [0, 0.05) is 5.30 Å². The molecule has 3 nitrogen and oxygen atoms in total. The minimum absolute atomic E-state index is 0.113. The van der Waals surface area contributed by atoms with Crippen LogP contribution in [0.1, 0.15) is 5.56 Å². The van der Waals surface area contributed by atoms with E-state index >= 15 is 0 Å². The molecule has 0 aliphatic heterocycles. The molecule has 3 aromatic carbocycles. The Morgan fingerprint density at radius 1 is 0.880 bits per heavy atom. The van der Waals surface area contributed by atoms with E-state index < -0.39 is 7.37 Å². The molecular formula is C19H15Br2O3P. The van der Waals surface area contributed by atoms with Gasteiger partial charge < -0.3 is 9.63 Å². The van der Waals surface area contributed by atoms with Crippen molar-refractivity contribution in [3.8, 4) is 11.5 Å². The largest absolute Gasteiger partial charge is 0.506 e. The van der Waals surface area contributed by atoms with Gasteiger partial charge in [-0.25, -0.2) is 0 Å². The van der Waals surface area contributed by atoms with Crippen LogP contribution in [0, 0.1) is 0 Å². The molecule has 0 aliphatic carbocycles. The highest BCUT2D eigenvalue weighted by atomic mass is 79.9. The standard InChI is InChI=1S/C19H15Br2O3P/c20-17-11-14(12-18(21)19(17)22)13-25(23,16-9-5-2-6-10-16)24-15-7-3-1-4-8-15/h1-12,22H,13H2. The van der Waals surface area contributed by atoms with Crippen LogP contribution in [0.5, 0.6) is 11.5 Å². The summed E-state index contributed by atoms with van der Waals surface area (Å²) in [4.78, 5) is 0. The number of aromatic hydroxyl groups is 1. The van der Waals surface area contributed by atoms with Gasteiger partial charge >= 0.3 is 0 Å². The minimum Gasteiger partial charge on any atom is -0.506 e. The average Bonchev–Trinajstić information content (AvgIpc) is 2.61. The molecule has 3 aromatic rings. The van der Waals surface area contributed by atoms with E-state index in [9.17, 15) is 9.67 Å². The summed E-state index contributed by atoms with van der Waals surface area (Å²) in [6, 6.07) is 21.9. The Morgan fingerprint density at radius 3 is 1.96 bits per heavy atom. The fourth-order valence-corrected chi connectivity index (χ4v) is 5.82. The number of para-hydroxylation sites is 1. The van der Waals surface area contributed by atoms with Crippen molar-refractivity contribution in [2.45, 2.75) is 6.16 Å². The van der Waals surface area contributed by atoms with E-state index in [1.54, 1.807) is 24.3 Å². The van der Waals surface area contributed by atoms with Crippen molar-refractivity contribution >= 4 is 44.5 Å². The van der Waals surface area contributed by atoms with Crippen LogP contribution >= 0.6 is 39.2 Å². The van der Waals surface area contributed by atoms with Crippen LogP contribution in [0.4, 0.5) is 0 Å². The summed E-state index contributed by atoms with van der Waals surface area (Å²) >= 11 is 6.63. The molecule has 0 radical (unpaired) electrons. The van der Waals surface area contributed by atoms with E-state index in [0.717, 1.165) is 5.56 Å². The van der Waals surface area contributed by atoms with Crippen molar-refractivity contribution in [2.75, 3.05) is 0 Å². The number of hydrogen-bond acceptors (Lipinski definition) is 3. The Labute approximate surface area is 163 Å². The van der Waals surface area contributed by atoms with Crippen LogP contribution in [-0.4, -0.2) is 5.11 Å². The Morgan fingerprint density at radius 2 is 1.40 bits per heavy atom.